The summed E-state index contributed by atoms with van der Waals surface area (Å²) in [5.41, 5.74) is 0.307. The van der Waals surface area contributed by atoms with Gasteiger partial charge in [-0.1, -0.05) is 11.6 Å². The van der Waals surface area contributed by atoms with Crippen molar-refractivity contribution in [1.82, 2.24) is 19.1 Å². The summed E-state index contributed by atoms with van der Waals surface area (Å²) in [6.07, 6.45) is 1.90. The Labute approximate surface area is 201 Å². The molecule has 7 nitrogen and oxygen atoms in total. The molecule has 0 radical (unpaired) electrons. The predicted molar refractivity (Wildman–Crippen MR) is 127 cm³/mol. The van der Waals surface area contributed by atoms with E-state index in [1.165, 1.54) is 32.3 Å². The highest BCUT2D eigenvalue weighted by Crippen LogP contribution is 2.31. The minimum atomic E-state index is -4.47. The zero-order valence-electron chi connectivity index (χ0n) is 18.8. The van der Waals surface area contributed by atoms with Crippen molar-refractivity contribution in [2.75, 3.05) is 31.3 Å². The first-order chi connectivity index (χ1) is 15.9. The second kappa shape index (κ2) is 10.2. The maximum atomic E-state index is 13.3. The number of thiol groups is 1. The zero-order chi connectivity index (χ0) is 25.1. The number of benzene rings is 1. The van der Waals surface area contributed by atoms with Gasteiger partial charge in [0.25, 0.3) is 0 Å². The Bertz CT molecular complexity index is 1190. The van der Waals surface area contributed by atoms with Crippen molar-refractivity contribution in [1.29, 1.82) is 0 Å². The van der Waals surface area contributed by atoms with E-state index in [1.807, 2.05) is 0 Å². The Morgan fingerprint density at radius 1 is 1.21 bits per heavy atom. The fourth-order valence-electron chi connectivity index (χ4n) is 3.33. The van der Waals surface area contributed by atoms with Crippen molar-refractivity contribution in [3.63, 3.8) is 0 Å². The molecule has 0 spiro atoms. The second-order valence-corrected chi connectivity index (χ2v) is 11.0. The van der Waals surface area contributed by atoms with Crippen LogP contribution in [0.25, 0.3) is 5.69 Å². The summed E-state index contributed by atoms with van der Waals surface area (Å²) in [5.74, 6) is -0.255. The molecule has 184 valence electrons. The van der Waals surface area contributed by atoms with Crippen molar-refractivity contribution in [2.45, 2.75) is 24.4 Å². The van der Waals surface area contributed by atoms with Gasteiger partial charge >= 0.3 is 6.18 Å². The molecular weight excluding hydrogens is 491 g/mol. The van der Waals surface area contributed by atoms with E-state index < -0.39 is 21.9 Å². The maximum absolute atomic E-state index is 13.3. The number of carbonyl (C=O) groups excluding carboxylic acids is 1. The first-order valence-electron chi connectivity index (χ1n) is 10.4. The molecule has 1 amide bonds. The number of amides is 1. The van der Waals surface area contributed by atoms with E-state index in [-0.39, 0.29) is 28.9 Å². The van der Waals surface area contributed by atoms with Crippen molar-refractivity contribution in [3.8, 4) is 5.69 Å². The Hall–Kier alpha value is -2.76. The minimum absolute atomic E-state index is 0.0250. The van der Waals surface area contributed by atoms with Gasteiger partial charge in [0.2, 0.25) is 5.91 Å². The molecule has 2 aromatic heterocycles. The van der Waals surface area contributed by atoms with Gasteiger partial charge in [-0.15, -0.1) is 0 Å². The molecule has 0 aliphatic carbocycles. The summed E-state index contributed by atoms with van der Waals surface area (Å²) in [6, 6.07) is 7.80. The minimum Gasteiger partial charge on any atom is -0.308 e. The lowest BCUT2D eigenvalue weighted by Gasteiger charge is -2.31. The van der Waals surface area contributed by atoms with Gasteiger partial charge in [-0.05, 0) is 60.5 Å². The van der Waals surface area contributed by atoms with E-state index in [0.29, 0.717) is 17.9 Å². The summed E-state index contributed by atoms with van der Waals surface area (Å²) in [4.78, 5) is 18.8. The fourth-order valence-corrected chi connectivity index (χ4v) is 5.15. The molecule has 0 N–H and O–H groups in total. The maximum Gasteiger partial charge on any atom is 0.416 e. The molecule has 3 rings (SSSR count). The van der Waals surface area contributed by atoms with Gasteiger partial charge in [0.05, 0.1) is 23.6 Å². The number of anilines is 1. The lowest BCUT2D eigenvalue weighted by atomic mass is 10.2. The first kappa shape index (κ1) is 25.9. The average Bonchev–Trinajstić information content (AvgIpc) is 3.19. The van der Waals surface area contributed by atoms with E-state index in [9.17, 15) is 22.2 Å². The number of carbonyl (C=O) groups is 1. The number of rotatable bonds is 8. The number of nitrogens with zero attached hydrogens (tertiary/aromatic N) is 5. The molecule has 0 unspecified atom stereocenters. The Morgan fingerprint density at radius 2 is 1.88 bits per heavy atom. The third kappa shape index (κ3) is 5.65. The van der Waals surface area contributed by atoms with Crippen LogP contribution >= 0.6 is 11.6 Å². The van der Waals surface area contributed by atoms with Gasteiger partial charge in [-0.25, -0.2) is 8.99 Å². The average molecular weight is 516 g/mol. The van der Waals surface area contributed by atoms with Gasteiger partial charge < -0.3 is 4.90 Å². The molecule has 0 atom stereocenters. The molecular formula is C22H25ClF3N5O2S. The Balaban J connectivity index is 1.70. The Morgan fingerprint density at radius 3 is 2.44 bits per heavy atom. The van der Waals surface area contributed by atoms with Gasteiger partial charge in [-0.2, -0.15) is 18.3 Å². The number of alkyl halides is 3. The van der Waals surface area contributed by atoms with E-state index in [1.54, 1.807) is 44.7 Å². The van der Waals surface area contributed by atoms with E-state index in [4.69, 9.17) is 11.6 Å². The van der Waals surface area contributed by atoms with Crippen molar-refractivity contribution in [2.24, 2.45) is 0 Å². The molecule has 34 heavy (non-hydrogen) atoms. The van der Waals surface area contributed by atoms with Crippen molar-refractivity contribution in [3.05, 3.63) is 65.7 Å². The lowest BCUT2D eigenvalue weighted by Crippen LogP contribution is -2.37. The number of pyridine rings is 1. The van der Waals surface area contributed by atoms with Crippen molar-refractivity contribution >= 4 is 33.3 Å². The predicted octanol–water partition coefficient (Wildman–Crippen LogP) is 4.23. The molecule has 2 heterocycles. The molecule has 0 fully saturated rings. The fraction of sp³-hybridized carbons (Fsp3) is 0.318. The Kier molecular flexibility index (Phi) is 7.79. The topological polar surface area (TPSA) is 71.3 Å². The molecule has 3 aromatic rings. The summed E-state index contributed by atoms with van der Waals surface area (Å²) in [5, 5.41) is 4.40. The van der Waals surface area contributed by atoms with Gasteiger partial charge in [-0.3, -0.25) is 14.0 Å². The largest absolute Gasteiger partial charge is 0.416 e. The zero-order valence-corrected chi connectivity index (χ0v) is 20.5. The highest BCUT2D eigenvalue weighted by molar-refractivity contribution is 8.00. The van der Waals surface area contributed by atoms with Crippen LogP contribution < -0.4 is 4.90 Å². The number of aromatic nitrogens is 3. The number of hydrogen-bond donors (Lipinski definition) is 1. The first-order valence-corrected chi connectivity index (χ1v) is 12.9. The van der Waals surface area contributed by atoms with Crippen LogP contribution in [0.5, 0.6) is 0 Å². The van der Waals surface area contributed by atoms with Crippen LogP contribution in [0.4, 0.5) is 18.9 Å². The lowest BCUT2D eigenvalue weighted by molar-refractivity contribution is -0.137. The third-order valence-corrected chi connectivity index (χ3v) is 8.47. The van der Waals surface area contributed by atoms with Crippen LogP contribution in [0.3, 0.4) is 0 Å². The van der Waals surface area contributed by atoms with Crippen LogP contribution in [0.1, 0.15) is 18.9 Å². The number of halogens is 4. The van der Waals surface area contributed by atoms with Gasteiger partial charge in [0.1, 0.15) is 5.69 Å². The summed E-state index contributed by atoms with van der Waals surface area (Å²) < 4.78 is 54.8. The highest BCUT2D eigenvalue weighted by atomic mass is 35.5. The molecule has 0 aliphatic rings. The molecule has 0 bridgehead atoms. The SMILES string of the molecule is CCN(C(=O)CCN(C)[SH](C)(=O)c1ccc(C(F)(F)F)cc1)c1cn(-c2cccnc2)nc1Cl. The van der Waals surface area contributed by atoms with E-state index in [2.05, 4.69) is 10.1 Å². The quantitative estimate of drug-likeness (QED) is 0.456. The van der Waals surface area contributed by atoms with Crippen LogP contribution in [0, 0.1) is 0 Å². The second-order valence-electron chi connectivity index (χ2n) is 7.65. The van der Waals surface area contributed by atoms with E-state index in [0.717, 1.165) is 12.1 Å². The smallest absolute Gasteiger partial charge is 0.308 e. The number of hydrogen-bond acceptors (Lipinski definition) is 4. The monoisotopic (exact) mass is 515 g/mol. The van der Waals surface area contributed by atoms with Crippen LogP contribution in [0.15, 0.2) is 59.9 Å². The summed E-state index contributed by atoms with van der Waals surface area (Å²) in [6.45, 7) is 2.27. The summed E-state index contributed by atoms with van der Waals surface area (Å²) in [7, 11) is -1.60. The highest BCUT2D eigenvalue weighted by Gasteiger charge is 2.31. The molecule has 1 aromatic carbocycles. The van der Waals surface area contributed by atoms with E-state index >= 15 is 0 Å². The standard InChI is InChI=1S/C22H25ClF3N5O2S/c1-4-30(19-15-31(28-21(19)23)17-6-5-12-27-14-17)20(32)11-13-29(2)34(3,33)18-9-7-16(8-10-18)22(24,25)26/h5-10,12,14-15,34H,4,11,13H2,1-3H3. The molecule has 0 saturated heterocycles. The van der Waals surface area contributed by atoms with Crippen LogP contribution in [-0.2, 0) is 21.1 Å². The molecule has 0 aliphatic heterocycles. The summed E-state index contributed by atoms with van der Waals surface area (Å²) >= 11 is 6.29. The third-order valence-electron chi connectivity index (χ3n) is 5.44. The van der Waals surface area contributed by atoms with Crippen molar-refractivity contribution < 1.29 is 22.2 Å². The van der Waals surface area contributed by atoms with Gasteiger partial charge in [0, 0.05) is 36.9 Å². The van der Waals surface area contributed by atoms with Gasteiger partial charge in [0.15, 0.2) is 5.15 Å². The molecule has 12 heteroatoms. The molecule has 0 saturated carbocycles. The van der Waals surface area contributed by atoms with Crippen LogP contribution in [0.2, 0.25) is 5.15 Å². The normalized spacial score (nSPS) is 12.7. The van der Waals surface area contributed by atoms with Crippen LogP contribution in [-0.4, -0.2) is 55.6 Å².